The molecule has 3 heteroatoms. The molecule has 0 amide bonds. The van der Waals surface area contributed by atoms with Crippen LogP contribution in [0.2, 0.25) is 0 Å². The average Bonchev–Trinajstić information content (AvgIpc) is 2.83. The van der Waals surface area contributed by atoms with E-state index in [0.29, 0.717) is 5.92 Å². The van der Waals surface area contributed by atoms with Crippen LogP contribution >= 0.6 is 11.3 Å². The summed E-state index contributed by atoms with van der Waals surface area (Å²) in [6.45, 7) is 8.68. The first-order valence-electron chi connectivity index (χ1n) is 7.43. The van der Waals surface area contributed by atoms with Crippen molar-refractivity contribution in [2.75, 3.05) is 6.54 Å². The summed E-state index contributed by atoms with van der Waals surface area (Å²) in [5.41, 5.74) is 2.61. The van der Waals surface area contributed by atoms with Crippen LogP contribution in [0.3, 0.4) is 0 Å². The second-order valence-electron chi connectivity index (χ2n) is 5.41. The van der Waals surface area contributed by atoms with Crippen molar-refractivity contribution in [1.29, 1.82) is 0 Å². The molecule has 0 unspecified atom stereocenters. The number of aromatic nitrogens is 1. The van der Waals surface area contributed by atoms with E-state index in [9.17, 15) is 0 Å². The molecule has 0 aliphatic rings. The van der Waals surface area contributed by atoms with E-state index in [2.05, 4.69) is 56.4 Å². The third kappa shape index (κ3) is 4.15. The Morgan fingerprint density at radius 2 is 1.95 bits per heavy atom. The van der Waals surface area contributed by atoms with Gasteiger partial charge in [0.15, 0.2) is 0 Å². The number of benzene rings is 1. The van der Waals surface area contributed by atoms with Crippen LogP contribution < -0.4 is 5.32 Å². The molecular formula is C17H24N2S. The molecule has 0 aliphatic heterocycles. The zero-order valence-electron chi connectivity index (χ0n) is 12.6. The van der Waals surface area contributed by atoms with E-state index >= 15 is 0 Å². The molecule has 1 aromatic carbocycles. The standard InChI is InChI=1S/C17H24N2S/c1-4-10-18-12-15-17(13(2)3)19-16(20-15)11-14-8-6-5-7-9-14/h5-9,13,18H,4,10-12H2,1-3H3. The highest BCUT2D eigenvalue weighted by Crippen LogP contribution is 2.26. The van der Waals surface area contributed by atoms with Crippen LogP contribution in [-0.4, -0.2) is 11.5 Å². The van der Waals surface area contributed by atoms with Gasteiger partial charge in [0.05, 0.1) is 10.7 Å². The van der Waals surface area contributed by atoms with Gasteiger partial charge in [-0.25, -0.2) is 4.98 Å². The molecule has 0 bridgehead atoms. The lowest BCUT2D eigenvalue weighted by Gasteiger charge is -2.05. The molecular weight excluding hydrogens is 264 g/mol. The fourth-order valence-electron chi connectivity index (χ4n) is 2.22. The molecule has 2 rings (SSSR count). The first-order valence-corrected chi connectivity index (χ1v) is 8.25. The Kier molecular flexibility index (Phi) is 5.74. The van der Waals surface area contributed by atoms with Gasteiger partial charge < -0.3 is 5.32 Å². The lowest BCUT2D eigenvalue weighted by molar-refractivity contribution is 0.670. The first kappa shape index (κ1) is 15.2. The Morgan fingerprint density at radius 3 is 2.60 bits per heavy atom. The van der Waals surface area contributed by atoms with Crippen LogP contribution in [0.1, 0.15) is 54.3 Å². The van der Waals surface area contributed by atoms with Crippen molar-refractivity contribution in [3.8, 4) is 0 Å². The zero-order chi connectivity index (χ0) is 14.4. The van der Waals surface area contributed by atoms with Crippen molar-refractivity contribution in [1.82, 2.24) is 10.3 Å². The number of hydrogen-bond donors (Lipinski definition) is 1. The van der Waals surface area contributed by atoms with Gasteiger partial charge in [-0.2, -0.15) is 0 Å². The summed E-state index contributed by atoms with van der Waals surface area (Å²) in [5, 5.41) is 4.72. The number of nitrogens with one attached hydrogen (secondary N) is 1. The molecule has 0 aliphatic carbocycles. The zero-order valence-corrected chi connectivity index (χ0v) is 13.5. The highest BCUT2D eigenvalue weighted by atomic mass is 32.1. The maximum Gasteiger partial charge on any atom is 0.0975 e. The van der Waals surface area contributed by atoms with Crippen LogP contribution in [0.25, 0.3) is 0 Å². The molecule has 2 aromatic rings. The monoisotopic (exact) mass is 288 g/mol. The van der Waals surface area contributed by atoms with E-state index in [0.717, 1.165) is 19.5 Å². The molecule has 1 aromatic heterocycles. The lowest BCUT2D eigenvalue weighted by atomic mass is 10.1. The minimum absolute atomic E-state index is 0.495. The maximum absolute atomic E-state index is 4.86. The Morgan fingerprint density at radius 1 is 1.20 bits per heavy atom. The van der Waals surface area contributed by atoms with Crippen LogP contribution in [-0.2, 0) is 13.0 Å². The third-order valence-corrected chi connectivity index (χ3v) is 4.30. The van der Waals surface area contributed by atoms with Gasteiger partial charge in [0.1, 0.15) is 0 Å². The fraction of sp³-hybridized carbons (Fsp3) is 0.471. The Hall–Kier alpha value is -1.19. The molecule has 108 valence electrons. The molecule has 2 nitrogen and oxygen atoms in total. The second-order valence-corrected chi connectivity index (χ2v) is 6.58. The number of thiazole rings is 1. The number of nitrogens with zero attached hydrogens (tertiary/aromatic N) is 1. The van der Waals surface area contributed by atoms with Crippen molar-refractivity contribution in [2.24, 2.45) is 0 Å². The molecule has 0 fully saturated rings. The van der Waals surface area contributed by atoms with Crippen LogP contribution in [0, 0.1) is 0 Å². The third-order valence-electron chi connectivity index (χ3n) is 3.23. The summed E-state index contributed by atoms with van der Waals surface area (Å²) >= 11 is 1.86. The minimum Gasteiger partial charge on any atom is -0.312 e. The van der Waals surface area contributed by atoms with Crippen molar-refractivity contribution in [3.63, 3.8) is 0 Å². The summed E-state index contributed by atoms with van der Waals surface area (Å²) in [6.07, 6.45) is 2.12. The van der Waals surface area contributed by atoms with Gasteiger partial charge in [-0.15, -0.1) is 11.3 Å². The average molecular weight is 288 g/mol. The predicted octanol–water partition coefficient (Wildman–Crippen LogP) is 4.36. The fourth-order valence-corrected chi connectivity index (χ4v) is 3.44. The molecule has 0 saturated heterocycles. The number of hydrogen-bond acceptors (Lipinski definition) is 3. The molecule has 0 saturated carbocycles. The Balaban J connectivity index is 2.12. The summed E-state index contributed by atoms with van der Waals surface area (Å²) in [6, 6.07) is 10.6. The summed E-state index contributed by atoms with van der Waals surface area (Å²) in [7, 11) is 0. The van der Waals surface area contributed by atoms with Crippen LogP contribution in [0.15, 0.2) is 30.3 Å². The van der Waals surface area contributed by atoms with Gasteiger partial charge >= 0.3 is 0 Å². The smallest absolute Gasteiger partial charge is 0.0975 e. The van der Waals surface area contributed by atoms with Crippen molar-refractivity contribution in [2.45, 2.75) is 46.1 Å². The van der Waals surface area contributed by atoms with Crippen molar-refractivity contribution < 1.29 is 0 Å². The highest BCUT2D eigenvalue weighted by molar-refractivity contribution is 7.11. The van der Waals surface area contributed by atoms with Gasteiger partial charge in [-0.05, 0) is 24.4 Å². The minimum atomic E-state index is 0.495. The Labute approximate surface area is 126 Å². The van der Waals surface area contributed by atoms with E-state index in [4.69, 9.17) is 4.98 Å². The van der Waals surface area contributed by atoms with Gasteiger partial charge in [-0.1, -0.05) is 51.1 Å². The van der Waals surface area contributed by atoms with Gasteiger partial charge in [0.25, 0.3) is 0 Å². The van der Waals surface area contributed by atoms with Crippen LogP contribution in [0.5, 0.6) is 0 Å². The molecule has 20 heavy (non-hydrogen) atoms. The topological polar surface area (TPSA) is 24.9 Å². The van der Waals surface area contributed by atoms with Gasteiger partial charge in [0.2, 0.25) is 0 Å². The molecule has 1 heterocycles. The van der Waals surface area contributed by atoms with Crippen LogP contribution in [0.4, 0.5) is 0 Å². The van der Waals surface area contributed by atoms with E-state index in [-0.39, 0.29) is 0 Å². The van der Waals surface area contributed by atoms with Crippen molar-refractivity contribution >= 4 is 11.3 Å². The molecule has 0 radical (unpaired) electrons. The maximum atomic E-state index is 4.86. The molecule has 1 N–H and O–H groups in total. The summed E-state index contributed by atoms with van der Waals surface area (Å²) in [4.78, 5) is 6.26. The summed E-state index contributed by atoms with van der Waals surface area (Å²) < 4.78 is 0. The lowest BCUT2D eigenvalue weighted by Crippen LogP contribution is -2.14. The van der Waals surface area contributed by atoms with Gasteiger partial charge in [-0.3, -0.25) is 0 Å². The Bertz CT molecular complexity index is 517. The largest absolute Gasteiger partial charge is 0.312 e. The quantitative estimate of drug-likeness (QED) is 0.766. The SMILES string of the molecule is CCCNCc1sc(Cc2ccccc2)nc1C(C)C. The normalized spacial score (nSPS) is 11.2. The van der Waals surface area contributed by atoms with E-state index in [1.54, 1.807) is 0 Å². The second kappa shape index (κ2) is 7.55. The first-order chi connectivity index (χ1) is 9.70. The highest BCUT2D eigenvalue weighted by Gasteiger charge is 2.14. The molecule has 0 atom stereocenters. The predicted molar refractivity (Wildman–Crippen MR) is 87.4 cm³/mol. The van der Waals surface area contributed by atoms with E-state index in [1.807, 2.05) is 11.3 Å². The van der Waals surface area contributed by atoms with Gasteiger partial charge in [0, 0.05) is 17.8 Å². The van der Waals surface area contributed by atoms with E-state index < -0.39 is 0 Å². The summed E-state index contributed by atoms with van der Waals surface area (Å²) in [5.74, 6) is 0.495. The van der Waals surface area contributed by atoms with E-state index in [1.165, 1.54) is 27.6 Å². The van der Waals surface area contributed by atoms with Crippen molar-refractivity contribution in [3.05, 3.63) is 51.5 Å². The molecule has 0 spiro atoms. The number of rotatable bonds is 7.